The van der Waals surface area contributed by atoms with E-state index in [9.17, 15) is 4.39 Å². The van der Waals surface area contributed by atoms with Gasteiger partial charge in [-0.1, -0.05) is 39.7 Å². The van der Waals surface area contributed by atoms with Gasteiger partial charge in [0.25, 0.3) is 0 Å². The maximum Gasteiger partial charge on any atom is 0.128 e. The van der Waals surface area contributed by atoms with E-state index < -0.39 is 5.54 Å². The molecule has 0 aromatic heterocycles. The Bertz CT molecular complexity index is 478. The van der Waals surface area contributed by atoms with Crippen LogP contribution in [0.15, 0.2) is 12.1 Å². The Morgan fingerprint density at radius 1 is 1.20 bits per heavy atom. The zero-order valence-electron chi connectivity index (χ0n) is 13.5. The van der Waals surface area contributed by atoms with E-state index in [1.165, 1.54) is 6.42 Å². The number of nitrogens with two attached hydrogens (primary N) is 1. The zero-order valence-corrected chi connectivity index (χ0v) is 13.5. The average molecular weight is 277 g/mol. The van der Waals surface area contributed by atoms with Crippen molar-refractivity contribution in [3.63, 3.8) is 0 Å². The summed E-state index contributed by atoms with van der Waals surface area (Å²) in [7, 11) is 0. The van der Waals surface area contributed by atoms with Crippen LogP contribution in [-0.2, 0) is 5.54 Å². The topological polar surface area (TPSA) is 26.0 Å². The van der Waals surface area contributed by atoms with Gasteiger partial charge in [0.05, 0.1) is 0 Å². The van der Waals surface area contributed by atoms with Crippen molar-refractivity contribution in [2.24, 2.45) is 17.1 Å². The number of rotatable bonds is 1. The smallest absolute Gasteiger partial charge is 0.128 e. The Morgan fingerprint density at radius 3 is 2.40 bits per heavy atom. The van der Waals surface area contributed by atoms with E-state index in [2.05, 4.69) is 26.8 Å². The van der Waals surface area contributed by atoms with Crippen molar-refractivity contribution >= 4 is 0 Å². The van der Waals surface area contributed by atoms with Gasteiger partial charge in [-0.3, -0.25) is 0 Å². The van der Waals surface area contributed by atoms with Crippen molar-refractivity contribution in [1.29, 1.82) is 0 Å². The van der Waals surface area contributed by atoms with Gasteiger partial charge in [-0.2, -0.15) is 0 Å². The first-order chi connectivity index (χ1) is 9.16. The minimum absolute atomic E-state index is 0.0962. The second-order valence-corrected chi connectivity index (χ2v) is 7.64. The monoisotopic (exact) mass is 277 g/mol. The number of hydrogen-bond acceptors (Lipinski definition) is 1. The van der Waals surface area contributed by atoms with Crippen LogP contribution in [0.1, 0.15) is 63.1 Å². The zero-order chi connectivity index (χ0) is 15.1. The molecule has 1 aromatic carbocycles. The lowest BCUT2D eigenvalue weighted by atomic mass is 9.59. The maximum atomic E-state index is 14.6. The van der Waals surface area contributed by atoms with Crippen LogP contribution in [0.4, 0.5) is 4.39 Å². The molecule has 0 aliphatic heterocycles. The number of aryl methyl sites for hydroxylation is 2. The minimum Gasteiger partial charge on any atom is -0.321 e. The number of hydrogen-bond donors (Lipinski definition) is 1. The quantitative estimate of drug-likeness (QED) is 0.781. The molecule has 2 heteroatoms. The molecule has 112 valence electrons. The lowest BCUT2D eigenvalue weighted by molar-refractivity contribution is 0.0748. The Morgan fingerprint density at radius 2 is 1.85 bits per heavy atom. The standard InChI is InChI=1S/C18H28FN/c1-12-10-13(2)16(14(19)11-12)18(20)9-7-6-8-15(18)17(3,4)5/h10-11,15H,6-9,20H2,1-5H3. The van der Waals surface area contributed by atoms with E-state index in [-0.39, 0.29) is 11.2 Å². The van der Waals surface area contributed by atoms with Gasteiger partial charge < -0.3 is 5.73 Å². The predicted molar refractivity (Wildman–Crippen MR) is 83.2 cm³/mol. The van der Waals surface area contributed by atoms with Crippen LogP contribution in [-0.4, -0.2) is 0 Å². The summed E-state index contributed by atoms with van der Waals surface area (Å²) in [5, 5.41) is 0. The van der Waals surface area contributed by atoms with Crippen LogP contribution in [0.25, 0.3) is 0 Å². The number of halogens is 1. The van der Waals surface area contributed by atoms with Gasteiger partial charge in [0.1, 0.15) is 5.82 Å². The van der Waals surface area contributed by atoms with Gasteiger partial charge in [-0.25, -0.2) is 4.39 Å². The van der Waals surface area contributed by atoms with E-state index in [1.54, 1.807) is 6.07 Å². The van der Waals surface area contributed by atoms with Gasteiger partial charge in [0.2, 0.25) is 0 Å². The molecule has 1 nitrogen and oxygen atoms in total. The third-order valence-electron chi connectivity index (χ3n) is 4.90. The molecule has 0 radical (unpaired) electrons. The van der Waals surface area contributed by atoms with Gasteiger partial charge in [0.15, 0.2) is 0 Å². The molecule has 2 atom stereocenters. The highest BCUT2D eigenvalue weighted by Crippen LogP contribution is 2.49. The van der Waals surface area contributed by atoms with Crippen LogP contribution >= 0.6 is 0 Å². The summed E-state index contributed by atoms with van der Waals surface area (Å²) in [6, 6.07) is 3.69. The lowest BCUT2D eigenvalue weighted by Crippen LogP contribution is -2.52. The molecule has 2 N–H and O–H groups in total. The van der Waals surface area contributed by atoms with Gasteiger partial charge in [0, 0.05) is 11.1 Å². The van der Waals surface area contributed by atoms with E-state index in [1.807, 2.05) is 13.8 Å². The fraction of sp³-hybridized carbons (Fsp3) is 0.667. The molecule has 1 fully saturated rings. The largest absolute Gasteiger partial charge is 0.321 e. The fourth-order valence-electron chi connectivity index (χ4n) is 4.21. The summed E-state index contributed by atoms with van der Waals surface area (Å²) in [6.45, 7) is 10.6. The van der Waals surface area contributed by atoms with E-state index in [4.69, 9.17) is 5.73 Å². The van der Waals surface area contributed by atoms with Crippen molar-refractivity contribution < 1.29 is 4.39 Å². The predicted octanol–water partition coefficient (Wildman–Crippen LogP) is 4.83. The summed E-state index contributed by atoms with van der Waals surface area (Å²) in [5.74, 6) is 0.195. The summed E-state index contributed by atoms with van der Waals surface area (Å²) in [5.41, 5.74) is 9.11. The molecule has 0 heterocycles. The molecule has 1 saturated carbocycles. The van der Waals surface area contributed by atoms with Crippen molar-refractivity contribution in [1.82, 2.24) is 0 Å². The Labute approximate surface area is 122 Å². The number of benzene rings is 1. The molecule has 0 amide bonds. The third-order valence-corrected chi connectivity index (χ3v) is 4.90. The molecule has 1 aliphatic rings. The molecule has 2 unspecified atom stereocenters. The van der Waals surface area contributed by atoms with Crippen LogP contribution in [0.3, 0.4) is 0 Å². The van der Waals surface area contributed by atoms with Gasteiger partial charge in [-0.15, -0.1) is 0 Å². The van der Waals surface area contributed by atoms with Crippen LogP contribution in [0.2, 0.25) is 0 Å². The molecule has 20 heavy (non-hydrogen) atoms. The summed E-state index contributed by atoms with van der Waals surface area (Å²) in [4.78, 5) is 0. The molecule has 1 aromatic rings. The van der Waals surface area contributed by atoms with Gasteiger partial charge >= 0.3 is 0 Å². The minimum atomic E-state index is -0.529. The van der Waals surface area contributed by atoms with E-state index in [0.717, 1.165) is 36.0 Å². The highest BCUT2D eigenvalue weighted by Gasteiger charge is 2.46. The SMILES string of the molecule is Cc1cc(C)c(C2(N)CCCCC2C(C)(C)C)c(F)c1. The molecule has 1 aliphatic carbocycles. The molecule has 0 saturated heterocycles. The molecule has 0 spiro atoms. The second kappa shape index (κ2) is 5.14. The summed E-state index contributed by atoms with van der Waals surface area (Å²) in [6.07, 6.45) is 4.27. The third kappa shape index (κ3) is 2.63. The van der Waals surface area contributed by atoms with Crippen molar-refractivity contribution in [3.05, 3.63) is 34.6 Å². The normalized spacial score (nSPS) is 27.6. The first-order valence-corrected chi connectivity index (χ1v) is 7.72. The Hall–Kier alpha value is -0.890. The second-order valence-electron chi connectivity index (χ2n) is 7.64. The van der Waals surface area contributed by atoms with Crippen LogP contribution < -0.4 is 5.73 Å². The van der Waals surface area contributed by atoms with Crippen LogP contribution in [0.5, 0.6) is 0 Å². The van der Waals surface area contributed by atoms with E-state index in [0.29, 0.717) is 5.92 Å². The molecule has 2 rings (SSSR count). The average Bonchev–Trinajstić information content (AvgIpc) is 2.25. The summed E-state index contributed by atoms with van der Waals surface area (Å²) >= 11 is 0. The first-order valence-electron chi connectivity index (χ1n) is 7.72. The maximum absolute atomic E-state index is 14.6. The fourth-order valence-corrected chi connectivity index (χ4v) is 4.21. The Balaban J connectivity index is 2.57. The highest BCUT2D eigenvalue weighted by atomic mass is 19.1. The molecular weight excluding hydrogens is 249 g/mol. The van der Waals surface area contributed by atoms with E-state index >= 15 is 0 Å². The summed E-state index contributed by atoms with van der Waals surface area (Å²) < 4.78 is 14.6. The lowest BCUT2D eigenvalue weighted by Gasteiger charge is -2.49. The molecule has 0 bridgehead atoms. The van der Waals surface area contributed by atoms with Crippen LogP contribution in [0, 0.1) is 31.0 Å². The molecular formula is C18H28FN. The highest BCUT2D eigenvalue weighted by molar-refractivity contribution is 5.38. The van der Waals surface area contributed by atoms with Crippen molar-refractivity contribution in [2.75, 3.05) is 0 Å². The Kier molecular flexibility index (Phi) is 3.98. The van der Waals surface area contributed by atoms with Gasteiger partial charge in [-0.05, 0) is 55.2 Å². The van der Waals surface area contributed by atoms with Crippen molar-refractivity contribution in [3.8, 4) is 0 Å². The van der Waals surface area contributed by atoms with Crippen molar-refractivity contribution in [2.45, 2.75) is 65.8 Å². The first kappa shape index (κ1) is 15.5.